The van der Waals surface area contributed by atoms with E-state index in [0.29, 0.717) is 17.8 Å². The minimum atomic E-state index is -0.599. The van der Waals surface area contributed by atoms with Crippen LogP contribution in [0.4, 0.5) is 0 Å². The van der Waals surface area contributed by atoms with Crippen LogP contribution in [0.1, 0.15) is 52.4 Å². The Morgan fingerprint density at radius 1 is 1.17 bits per heavy atom. The van der Waals surface area contributed by atoms with Crippen molar-refractivity contribution < 1.29 is 14.7 Å². The predicted octanol–water partition coefficient (Wildman–Crippen LogP) is 2.98. The van der Waals surface area contributed by atoms with Crippen molar-refractivity contribution in [1.29, 1.82) is 0 Å². The molecule has 0 bridgehead atoms. The van der Waals surface area contributed by atoms with Crippen molar-refractivity contribution in [3.05, 3.63) is 12.2 Å². The van der Waals surface area contributed by atoms with Gasteiger partial charge in [-0.1, -0.05) is 19.9 Å². The summed E-state index contributed by atoms with van der Waals surface area (Å²) < 4.78 is 0. The quantitative estimate of drug-likeness (QED) is 0.781. The van der Waals surface area contributed by atoms with Crippen molar-refractivity contribution >= 4 is 11.9 Å². The van der Waals surface area contributed by atoms with Gasteiger partial charge >= 0.3 is 5.97 Å². The first-order valence-corrected chi connectivity index (χ1v) is 9.09. The van der Waals surface area contributed by atoms with Crippen molar-refractivity contribution in [3.8, 4) is 0 Å². The van der Waals surface area contributed by atoms with E-state index in [0.717, 1.165) is 38.5 Å². The summed E-state index contributed by atoms with van der Waals surface area (Å²) >= 11 is 0. The molecule has 3 saturated carbocycles. The summed E-state index contributed by atoms with van der Waals surface area (Å²) in [6.07, 6.45) is 10.0. The molecule has 0 unspecified atom stereocenters. The molecule has 1 heterocycles. The summed E-state index contributed by atoms with van der Waals surface area (Å²) in [7, 11) is 0. The van der Waals surface area contributed by atoms with Gasteiger partial charge in [-0.2, -0.15) is 0 Å². The second-order valence-corrected chi connectivity index (χ2v) is 8.73. The summed E-state index contributed by atoms with van der Waals surface area (Å²) in [6, 6.07) is 0.252. The van der Waals surface area contributed by atoms with E-state index in [1.807, 2.05) is 0 Å². The zero-order chi connectivity index (χ0) is 16.4. The standard InChI is InChI=1S/C19H27NO3/c1-18-9-7-13-11(12(18)4-5-14(18)17(22)23)3-6-15-19(13,2)10-8-16(21)20-15/h8,10-15H,3-7,9H2,1-2H3,(H,20,21)(H,22,23)/t11-,12+,13+,14+,15-,18-,19+/m0/s1. The number of rotatable bonds is 1. The van der Waals surface area contributed by atoms with E-state index >= 15 is 0 Å². The smallest absolute Gasteiger partial charge is 0.307 e. The second-order valence-electron chi connectivity index (χ2n) is 8.73. The van der Waals surface area contributed by atoms with Gasteiger partial charge in [0, 0.05) is 11.5 Å². The number of carboxylic acid groups (broad SMARTS) is 1. The first-order chi connectivity index (χ1) is 10.9. The van der Waals surface area contributed by atoms with Gasteiger partial charge in [-0.05, 0) is 67.8 Å². The molecule has 4 heteroatoms. The third-order valence-electron chi connectivity index (χ3n) is 7.98. The van der Waals surface area contributed by atoms with Crippen molar-refractivity contribution in [2.24, 2.45) is 34.5 Å². The van der Waals surface area contributed by atoms with Crippen molar-refractivity contribution in [2.45, 2.75) is 58.4 Å². The molecule has 1 amide bonds. The Labute approximate surface area is 137 Å². The van der Waals surface area contributed by atoms with Gasteiger partial charge in [-0.15, -0.1) is 0 Å². The molecule has 7 atom stereocenters. The highest BCUT2D eigenvalue weighted by molar-refractivity contribution is 5.89. The third-order valence-corrected chi connectivity index (χ3v) is 7.98. The van der Waals surface area contributed by atoms with Gasteiger partial charge in [0.05, 0.1) is 5.92 Å². The SMILES string of the molecule is C[C@]12C=CC(=O)N[C@H]1CC[C@@H]1[C@H]2CC[C@]2(C)[C@@H](C(=O)O)CC[C@H]12. The van der Waals surface area contributed by atoms with Crippen LogP contribution in [0.25, 0.3) is 0 Å². The largest absolute Gasteiger partial charge is 0.481 e. The molecule has 0 aromatic heterocycles. The maximum absolute atomic E-state index is 11.7. The second kappa shape index (κ2) is 4.84. The van der Waals surface area contributed by atoms with E-state index in [4.69, 9.17) is 0 Å². The Morgan fingerprint density at radius 2 is 1.96 bits per heavy atom. The molecule has 0 aromatic rings. The highest BCUT2D eigenvalue weighted by Crippen LogP contribution is 2.64. The molecule has 4 rings (SSSR count). The predicted molar refractivity (Wildman–Crippen MR) is 86.6 cm³/mol. The normalized spacial score (nSPS) is 51.4. The molecule has 2 N–H and O–H groups in total. The Bertz CT molecular complexity index is 585. The maximum Gasteiger partial charge on any atom is 0.307 e. The fourth-order valence-electron chi connectivity index (χ4n) is 6.74. The van der Waals surface area contributed by atoms with Crippen LogP contribution in [0, 0.1) is 34.5 Å². The molecule has 23 heavy (non-hydrogen) atoms. The molecular weight excluding hydrogens is 290 g/mol. The molecular formula is C19H27NO3. The number of hydrogen-bond acceptors (Lipinski definition) is 2. The zero-order valence-electron chi connectivity index (χ0n) is 14.0. The molecule has 0 spiro atoms. The Kier molecular flexibility index (Phi) is 3.20. The number of carbonyl (C=O) groups is 2. The van der Waals surface area contributed by atoms with Crippen LogP contribution >= 0.6 is 0 Å². The molecule has 3 fully saturated rings. The number of hydrogen-bond donors (Lipinski definition) is 2. The first-order valence-electron chi connectivity index (χ1n) is 9.09. The van der Waals surface area contributed by atoms with E-state index in [2.05, 4.69) is 25.2 Å². The zero-order valence-corrected chi connectivity index (χ0v) is 14.0. The summed E-state index contributed by atoms with van der Waals surface area (Å²) in [5, 5.41) is 12.8. The van der Waals surface area contributed by atoms with E-state index in [1.165, 1.54) is 0 Å². The van der Waals surface area contributed by atoms with Crippen LogP contribution in [-0.2, 0) is 9.59 Å². The minimum Gasteiger partial charge on any atom is -0.481 e. The topological polar surface area (TPSA) is 66.4 Å². The van der Waals surface area contributed by atoms with E-state index in [-0.39, 0.29) is 28.7 Å². The van der Waals surface area contributed by atoms with Gasteiger partial charge in [0.1, 0.15) is 0 Å². The fraction of sp³-hybridized carbons (Fsp3) is 0.789. The van der Waals surface area contributed by atoms with Crippen molar-refractivity contribution in [2.75, 3.05) is 0 Å². The van der Waals surface area contributed by atoms with E-state index in [9.17, 15) is 14.7 Å². The Morgan fingerprint density at radius 3 is 2.70 bits per heavy atom. The molecule has 4 aliphatic rings. The lowest BCUT2D eigenvalue weighted by Crippen LogP contribution is -2.59. The molecule has 0 aromatic carbocycles. The van der Waals surface area contributed by atoms with Crippen LogP contribution in [-0.4, -0.2) is 23.0 Å². The van der Waals surface area contributed by atoms with E-state index in [1.54, 1.807) is 6.08 Å². The minimum absolute atomic E-state index is 0.0299. The number of carbonyl (C=O) groups excluding carboxylic acids is 1. The van der Waals surface area contributed by atoms with Crippen LogP contribution in [0.5, 0.6) is 0 Å². The monoisotopic (exact) mass is 317 g/mol. The van der Waals surface area contributed by atoms with Gasteiger partial charge < -0.3 is 10.4 Å². The number of carboxylic acids is 1. The Hall–Kier alpha value is -1.32. The molecule has 0 saturated heterocycles. The third kappa shape index (κ3) is 1.96. The van der Waals surface area contributed by atoms with Crippen molar-refractivity contribution in [3.63, 3.8) is 0 Å². The lowest BCUT2D eigenvalue weighted by Gasteiger charge is -2.58. The van der Waals surface area contributed by atoms with Crippen molar-refractivity contribution in [1.82, 2.24) is 5.32 Å². The van der Waals surface area contributed by atoms with Crippen LogP contribution in [0.15, 0.2) is 12.2 Å². The average Bonchev–Trinajstić information content (AvgIpc) is 2.85. The summed E-state index contributed by atoms with van der Waals surface area (Å²) in [6.45, 7) is 4.53. The fourth-order valence-corrected chi connectivity index (χ4v) is 6.74. The molecule has 3 aliphatic carbocycles. The molecule has 4 nitrogen and oxygen atoms in total. The lowest BCUT2D eigenvalue weighted by molar-refractivity contribution is -0.150. The number of amides is 1. The number of nitrogens with one attached hydrogen (secondary N) is 1. The van der Waals surface area contributed by atoms with Crippen LogP contribution < -0.4 is 5.32 Å². The average molecular weight is 317 g/mol. The van der Waals surface area contributed by atoms with E-state index < -0.39 is 5.97 Å². The van der Waals surface area contributed by atoms with Gasteiger partial charge in [-0.25, -0.2) is 0 Å². The first kappa shape index (κ1) is 15.2. The lowest BCUT2D eigenvalue weighted by atomic mass is 9.48. The van der Waals surface area contributed by atoms with Gasteiger partial charge in [0.15, 0.2) is 0 Å². The van der Waals surface area contributed by atoms with Crippen LogP contribution in [0.2, 0.25) is 0 Å². The highest BCUT2D eigenvalue weighted by atomic mass is 16.4. The summed E-state index contributed by atoms with van der Waals surface area (Å²) in [5.41, 5.74) is 0.0112. The summed E-state index contributed by atoms with van der Waals surface area (Å²) in [5.74, 6) is 0.992. The molecule has 0 radical (unpaired) electrons. The molecule has 1 aliphatic heterocycles. The summed E-state index contributed by atoms with van der Waals surface area (Å²) in [4.78, 5) is 23.4. The van der Waals surface area contributed by atoms with Crippen LogP contribution in [0.3, 0.4) is 0 Å². The molecule has 126 valence electrons. The van der Waals surface area contributed by atoms with Gasteiger partial charge in [0.25, 0.3) is 0 Å². The number of fused-ring (bicyclic) bond motifs is 5. The van der Waals surface area contributed by atoms with Gasteiger partial charge in [0.2, 0.25) is 5.91 Å². The highest BCUT2D eigenvalue weighted by Gasteiger charge is 2.60. The van der Waals surface area contributed by atoms with Gasteiger partial charge in [-0.3, -0.25) is 9.59 Å². The Balaban J connectivity index is 1.66. The number of aliphatic carboxylic acids is 1. The maximum atomic E-state index is 11.7.